The van der Waals surface area contributed by atoms with Crippen LogP contribution in [0, 0.1) is 0 Å². The van der Waals surface area contributed by atoms with Crippen LogP contribution in [-0.2, 0) is 16.4 Å². The molecule has 1 aromatic carbocycles. The van der Waals surface area contributed by atoms with Crippen molar-refractivity contribution in [1.29, 1.82) is 0 Å². The van der Waals surface area contributed by atoms with Crippen LogP contribution >= 0.6 is 0 Å². The quantitative estimate of drug-likeness (QED) is 0.941. The first-order valence-corrected chi connectivity index (χ1v) is 6.71. The number of benzene rings is 1. The molecule has 2 rings (SSSR count). The third kappa shape index (κ3) is 2.85. The molecule has 0 atom stereocenters. The normalized spacial score (nSPS) is 13.1. The number of hydrogen-bond acceptors (Lipinski definition) is 4. The SMILES string of the molecule is CN(C)S(=O)(=O)Nc1ccc2oc(C(F)(F)F)nc2c1. The van der Waals surface area contributed by atoms with Crippen LogP contribution in [0.2, 0.25) is 0 Å². The van der Waals surface area contributed by atoms with Gasteiger partial charge in [-0.2, -0.15) is 25.9 Å². The monoisotopic (exact) mass is 309 g/mol. The third-order valence-electron chi connectivity index (χ3n) is 2.36. The number of nitrogens with zero attached hydrogens (tertiary/aromatic N) is 2. The van der Waals surface area contributed by atoms with Gasteiger partial charge in [-0.05, 0) is 18.2 Å². The number of anilines is 1. The minimum atomic E-state index is -4.69. The number of halogens is 3. The van der Waals surface area contributed by atoms with Gasteiger partial charge in [0, 0.05) is 14.1 Å². The van der Waals surface area contributed by atoms with Crippen LogP contribution in [0.4, 0.5) is 18.9 Å². The van der Waals surface area contributed by atoms with E-state index in [-0.39, 0.29) is 16.8 Å². The Morgan fingerprint density at radius 2 is 1.95 bits per heavy atom. The maximum atomic E-state index is 12.4. The first-order valence-electron chi connectivity index (χ1n) is 5.27. The van der Waals surface area contributed by atoms with Crippen LogP contribution < -0.4 is 4.72 Å². The minimum Gasteiger partial charge on any atom is -0.433 e. The second-order valence-electron chi connectivity index (χ2n) is 4.09. The molecular weight excluding hydrogens is 299 g/mol. The molecular formula is C10H10F3N3O3S. The Bertz CT molecular complexity index is 737. The van der Waals surface area contributed by atoms with E-state index in [4.69, 9.17) is 0 Å². The zero-order chi connectivity index (χ0) is 15.1. The largest absolute Gasteiger partial charge is 0.468 e. The van der Waals surface area contributed by atoms with E-state index < -0.39 is 22.3 Å². The average molecular weight is 309 g/mol. The molecule has 110 valence electrons. The number of aromatic nitrogens is 1. The molecule has 0 saturated heterocycles. The Morgan fingerprint density at radius 1 is 1.30 bits per heavy atom. The molecule has 0 aliphatic heterocycles. The van der Waals surface area contributed by atoms with E-state index >= 15 is 0 Å². The Labute approximate surface area is 112 Å². The van der Waals surface area contributed by atoms with Crippen molar-refractivity contribution in [3.63, 3.8) is 0 Å². The summed E-state index contributed by atoms with van der Waals surface area (Å²) < 4.78 is 68.1. The lowest BCUT2D eigenvalue weighted by molar-refractivity contribution is -0.156. The molecule has 0 unspecified atom stereocenters. The molecule has 0 spiro atoms. The van der Waals surface area contributed by atoms with Crippen LogP contribution in [0.15, 0.2) is 22.6 Å². The second-order valence-corrected chi connectivity index (χ2v) is 5.97. The van der Waals surface area contributed by atoms with Gasteiger partial charge in [-0.3, -0.25) is 4.72 Å². The van der Waals surface area contributed by atoms with Crippen LogP contribution in [0.5, 0.6) is 0 Å². The van der Waals surface area contributed by atoms with Gasteiger partial charge in [-0.1, -0.05) is 0 Å². The van der Waals surface area contributed by atoms with Crippen LogP contribution in [0.3, 0.4) is 0 Å². The predicted molar refractivity (Wildman–Crippen MR) is 65.2 cm³/mol. The highest BCUT2D eigenvalue weighted by molar-refractivity contribution is 7.90. The van der Waals surface area contributed by atoms with Crippen molar-refractivity contribution in [3.8, 4) is 0 Å². The molecule has 0 fully saturated rings. The smallest absolute Gasteiger partial charge is 0.433 e. The van der Waals surface area contributed by atoms with Gasteiger partial charge in [0.15, 0.2) is 5.58 Å². The van der Waals surface area contributed by atoms with Gasteiger partial charge in [-0.25, -0.2) is 4.98 Å². The number of hydrogen-bond donors (Lipinski definition) is 1. The summed E-state index contributed by atoms with van der Waals surface area (Å²) in [6, 6.07) is 3.66. The summed E-state index contributed by atoms with van der Waals surface area (Å²) in [7, 11) is -1.10. The summed E-state index contributed by atoms with van der Waals surface area (Å²) in [5, 5.41) is 0. The lowest BCUT2D eigenvalue weighted by Gasteiger charge is -2.12. The van der Waals surface area contributed by atoms with Crippen molar-refractivity contribution in [2.75, 3.05) is 18.8 Å². The first kappa shape index (κ1) is 14.6. The fourth-order valence-electron chi connectivity index (χ4n) is 1.35. The molecule has 20 heavy (non-hydrogen) atoms. The molecule has 1 heterocycles. The van der Waals surface area contributed by atoms with Crippen molar-refractivity contribution in [1.82, 2.24) is 9.29 Å². The van der Waals surface area contributed by atoms with Crippen molar-refractivity contribution in [3.05, 3.63) is 24.1 Å². The van der Waals surface area contributed by atoms with E-state index in [0.717, 1.165) is 10.4 Å². The fourth-order valence-corrected chi connectivity index (χ4v) is 1.96. The molecule has 0 aliphatic carbocycles. The van der Waals surface area contributed by atoms with Crippen molar-refractivity contribution < 1.29 is 26.0 Å². The Balaban J connectivity index is 2.40. The molecule has 0 aliphatic rings. The van der Waals surface area contributed by atoms with Crippen LogP contribution in [-0.4, -0.2) is 31.8 Å². The summed E-state index contributed by atoms with van der Waals surface area (Å²) in [4.78, 5) is 3.28. The van der Waals surface area contributed by atoms with E-state index in [2.05, 4.69) is 14.1 Å². The minimum absolute atomic E-state index is 0.0786. The van der Waals surface area contributed by atoms with Crippen molar-refractivity contribution in [2.45, 2.75) is 6.18 Å². The van der Waals surface area contributed by atoms with Crippen molar-refractivity contribution >= 4 is 27.0 Å². The van der Waals surface area contributed by atoms with Crippen LogP contribution in [0.1, 0.15) is 5.89 Å². The highest BCUT2D eigenvalue weighted by Crippen LogP contribution is 2.31. The summed E-state index contributed by atoms with van der Waals surface area (Å²) in [5.74, 6) is -1.37. The first-order chi connectivity index (χ1) is 9.09. The summed E-state index contributed by atoms with van der Waals surface area (Å²) in [6.45, 7) is 0. The lowest BCUT2D eigenvalue weighted by Crippen LogP contribution is -2.28. The number of oxazole rings is 1. The fraction of sp³-hybridized carbons (Fsp3) is 0.300. The van der Waals surface area contributed by atoms with Crippen molar-refractivity contribution in [2.24, 2.45) is 0 Å². The van der Waals surface area contributed by atoms with Crippen LogP contribution in [0.25, 0.3) is 11.1 Å². The standard InChI is InChI=1S/C10H10F3N3O3S/c1-16(2)20(17,18)15-6-3-4-8-7(5-6)14-9(19-8)10(11,12)13/h3-5,15H,1-2H3. The van der Waals surface area contributed by atoms with E-state index in [0.29, 0.717) is 0 Å². The van der Waals surface area contributed by atoms with E-state index in [1.807, 2.05) is 0 Å². The van der Waals surface area contributed by atoms with Gasteiger partial charge >= 0.3 is 22.3 Å². The van der Waals surface area contributed by atoms with Gasteiger partial charge in [-0.15, -0.1) is 0 Å². The predicted octanol–water partition coefficient (Wildman–Crippen LogP) is 2.06. The van der Waals surface area contributed by atoms with Gasteiger partial charge in [0.05, 0.1) is 5.69 Å². The number of nitrogens with one attached hydrogen (secondary N) is 1. The molecule has 6 nitrogen and oxygen atoms in total. The van der Waals surface area contributed by atoms with E-state index in [1.165, 1.54) is 26.2 Å². The lowest BCUT2D eigenvalue weighted by atomic mass is 10.3. The Hall–Kier alpha value is -1.81. The summed E-state index contributed by atoms with van der Waals surface area (Å²) >= 11 is 0. The number of fused-ring (bicyclic) bond motifs is 1. The maximum Gasteiger partial charge on any atom is 0.468 e. The Kier molecular flexibility index (Phi) is 3.38. The third-order valence-corrected chi connectivity index (χ3v) is 3.81. The topological polar surface area (TPSA) is 75.4 Å². The molecule has 10 heteroatoms. The number of alkyl halides is 3. The maximum absolute atomic E-state index is 12.4. The molecule has 0 amide bonds. The van der Waals surface area contributed by atoms with E-state index in [9.17, 15) is 21.6 Å². The zero-order valence-corrected chi connectivity index (χ0v) is 11.2. The molecule has 0 saturated carbocycles. The molecule has 2 aromatic rings. The molecule has 0 radical (unpaired) electrons. The van der Waals surface area contributed by atoms with Gasteiger partial charge in [0.1, 0.15) is 5.52 Å². The second kappa shape index (κ2) is 4.63. The van der Waals surface area contributed by atoms with Gasteiger partial charge < -0.3 is 4.42 Å². The number of rotatable bonds is 3. The Morgan fingerprint density at radius 3 is 2.50 bits per heavy atom. The molecule has 0 bridgehead atoms. The summed E-state index contributed by atoms with van der Waals surface area (Å²) in [6.07, 6.45) is -4.69. The highest BCUT2D eigenvalue weighted by atomic mass is 32.2. The van der Waals surface area contributed by atoms with Gasteiger partial charge in [0.25, 0.3) is 0 Å². The molecule has 1 N–H and O–H groups in total. The summed E-state index contributed by atoms with van der Waals surface area (Å²) in [5.41, 5.74) is -0.0744. The van der Waals surface area contributed by atoms with E-state index in [1.54, 1.807) is 0 Å². The zero-order valence-electron chi connectivity index (χ0n) is 10.4. The van der Waals surface area contributed by atoms with Gasteiger partial charge in [0.2, 0.25) is 0 Å². The highest BCUT2D eigenvalue weighted by Gasteiger charge is 2.37. The molecule has 1 aromatic heterocycles. The average Bonchev–Trinajstić information content (AvgIpc) is 2.70.